The second kappa shape index (κ2) is 7.79. The first kappa shape index (κ1) is 15.5. The molecule has 1 aliphatic rings. The van der Waals surface area contributed by atoms with Crippen LogP contribution in [-0.4, -0.2) is 41.4 Å². The molecule has 0 atom stereocenters. The largest absolute Gasteiger partial charge is 0.342 e. The van der Waals surface area contributed by atoms with Gasteiger partial charge in [0.05, 0.1) is 6.54 Å². The lowest BCUT2D eigenvalue weighted by Gasteiger charge is -2.26. The second-order valence-corrected chi connectivity index (χ2v) is 6.63. The zero-order valence-corrected chi connectivity index (χ0v) is 13.5. The third kappa shape index (κ3) is 4.60. The zero-order chi connectivity index (χ0) is 14.4. The van der Waals surface area contributed by atoms with Crippen molar-refractivity contribution in [2.45, 2.75) is 52.1 Å². The maximum atomic E-state index is 12.5. The molecule has 1 aromatic heterocycles. The average molecular weight is 294 g/mol. The fraction of sp³-hybridized carbons (Fsp3) is 0.688. The van der Waals surface area contributed by atoms with Gasteiger partial charge in [0.2, 0.25) is 5.91 Å². The standard InChI is InChI=1S/C16H26N2OS/c1-3-9-17(10-4-2)16(19)13-18(14-7-8-14)12-15-6-5-11-20-15/h5-6,11,14H,3-4,7-10,12-13H2,1-2H3. The first-order valence-corrected chi connectivity index (χ1v) is 8.66. The maximum Gasteiger partial charge on any atom is 0.236 e. The van der Waals surface area contributed by atoms with Gasteiger partial charge in [-0.2, -0.15) is 0 Å². The summed E-state index contributed by atoms with van der Waals surface area (Å²) in [5.74, 6) is 0.303. The Hall–Kier alpha value is -0.870. The van der Waals surface area contributed by atoms with Crippen LogP contribution in [0.1, 0.15) is 44.4 Å². The van der Waals surface area contributed by atoms with E-state index in [2.05, 4.69) is 36.3 Å². The summed E-state index contributed by atoms with van der Waals surface area (Å²) in [6.45, 7) is 7.58. The molecule has 0 saturated heterocycles. The van der Waals surface area contributed by atoms with Crippen molar-refractivity contribution in [3.05, 3.63) is 22.4 Å². The summed E-state index contributed by atoms with van der Waals surface area (Å²) in [6, 6.07) is 4.89. The van der Waals surface area contributed by atoms with E-state index in [9.17, 15) is 4.79 Å². The number of carbonyl (C=O) groups excluding carboxylic acids is 1. The van der Waals surface area contributed by atoms with Crippen molar-refractivity contribution in [3.63, 3.8) is 0 Å². The SMILES string of the molecule is CCCN(CCC)C(=O)CN(Cc1cccs1)C1CC1. The Balaban J connectivity index is 1.91. The Morgan fingerprint density at radius 1 is 1.30 bits per heavy atom. The first-order valence-electron chi connectivity index (χ1n) is 7.78. The molecule has 1 amide bonds. The minimum Gasteiger partial charge on any atom is -0.342 e. The summed E-state index contributed by atoms with van der Waals surface area (Å²) in [7, 11) is 0. The number of thiophene rings is 1. The lowest BCUT2D eigenvalue weighted by molar-refractivity contribution is -0.132. The molecular weight excluding hydrogens is 268 g/mol. The predicted molar refractivity (Wildman–Crippen MR) is 84.9 cm³/mol. The molecule has 0 aliphatic heterocycles. The lowest BCUT2D eigenvalue weighted by atomic mass is 10.3. The first-order chi connectivity index (χ1) is 9.74. The summed E-state index contributed by atoms with van der Waals surface area (Å²) >= 11 is 1.79. The highest BCUT2D eigenvalue weighted by molar-refractivity contribution is 7.09. The molecule has 0 radical (unpaired) electrons. The molecule has 1 saturated carbocycles. The molecular formula is C16H26N2OS. The van der Waals surface area contributed by atoms with Crippen LogP contribution >= 0.6 is 11.3 Å². The maximum absolute atomic E-state index is 12.5. The summed E-state index contributed by atoms with van der Waals surface area (Å²) in [5, 5.41) is 2.11. The number of hydrogen-bond donors (Lipinski definition) is 0. The van der Waals surface area contributed by atoms with Crippen LogP contribution in [0.5, 0.6) is 0 Å². The van der Waals surface area contributed by atoms with Crippen molar-refractivity contribution in [1.29, 1.82) is 0 Å². The van der Waals surface area contributed by atoms with Crippen LogP contribution in [-0.2, 0) is 11.3 Å². The highest BCUT2D eigenvalue weighted by atomic mass is 32.1. The summed E-state index contributed by atoms with van der Waals surface area (Å²) < 4.78 is 0. The smallest absolute Gasteiger partial charge is 0.236 e. The van der Waals surface area contributed by atoms with Crippen molar-refractivity contribution in [2.75, 3.05) is 19.6 Å². The molecule has 3 nitrogen and oxygen atoms in total. The molecule has 20 heavy (non-hydrogen) atoms. The molecule has 1 aromatic rings. The van der Waals surface area contributed by atoms with E-state index in [-0.39, 0.29) is 0 Å². The Kier molecular flexibility index (Phi) is 6.05. The minimum absolute atomic E-state index is 0.303. The summed E-state index contributed by atoms with van der Waals surface area (Å²) in [6.07, 6.45) is 4.58. The molecule has 0 unspecified atom stereocenters. The van der Waals surface area contributed by atoms with Gasteiger partial charge in [-0.1, -0.05) is 19.9 Å². The van der Waals surface area contributed by atoms with Gasteiger partial charge >= 0.3 is 0 Å². The lowest BCUT2D eigenvalue weighted by Crippen LogP contribution is -2.41. The van der Waals surface area contributed by atoms with Crippen LogP contribution in [0.4, 0.5) is 0 Å². The third-order valence-corrected chi connectivity index (χ3v) is 4.54. The Bertz CT molecular complexity index is 395. The van der Waals surface area contributed by atoms with E-state index in [0.717, 1.165) is 32.5 Å². The fourth-order valence-corrected chi connectivity index (χ4v) is 3.26. The zero-order valence-electron chi connectivity index (χ0n) is 12.7. The topological polar surface area (TPSA) is 23.6 Å². The third-order valence-electron chi connectivity index (χ3n) is 3.68. The van der Waals surface area contributed by atoms with Crippen molar-refractivity contribution >= 4 is 17.2 Å². The predicted octanol–water partition coefficient (Wildman–Crippen LogP) is 3.36. The molecule has 1 aliphatic carbocycles. The van der Waals surface area contributed by atoms with Gasteiger partial charge in [0, 0.05) is 30.6 Å². The van der Waals surface area contributed by atoms with E-state index >= 15 is 0 Å². The van der Waals surface area contributed by atoms with Gasteiger partial charge in [0.1, 0.15) is 0 Å². The minimum atomic E-state index is 0.303. The molecule has 112 valence electrons. The number of rotatable bonds is 9. The van der Waals surface area contributed by atoms with Gasteiger partial charge < -0.3 is 4.90 Å². The number of hydrogen-bond acceptors (Lipinski definition) is 3. The number of amides is 1. The van der Waals surface area contributed by atoms with Crippen LogP contribution < -0.4 is 0 Å². The Morgan fingerprint density at radius 3 is 2.50 bits per heavy atom. The molecule has 0 N–H and O–H groups in total. The van der Waals surface area contributed by atoms with Crippen LogP contribution in [0, 0.1) is 0 Å². The molecule has 1 fully saturated rings. The van der Waals surface area contributed by atoms with Crippen LogP contribution in [0.3, 0.4) is 0 Å². The van der Waals surface area contributed by atoms with E-state index in [0.29, 0.717) is 18.5 Å². The van der Waals surface area contributed by atoms with Crippen LogP contribution in [0.2, 0.25) is 0 Å². The monoisotopic (exact) mass is 294 g/mol. The van der Waals surface area contributed by atoms with E-state index in [1.54, 1.807) is 11.3 Å². The summed E-state index contributed by atoms with van der Waals surface area (Å²) in [4.78, 5) is 18.2. The van der Waals surface area contributed by atoms with Crippen molar-refractivity contribution in [2.24, 2.45) is 0 Å². The summed E-state index contributed by atoms with van der Waals surface area (Å²) in [5.41, 5.74) is 0. The molecule has 2 rings (SSSR count). The van der Waals surface area contributed by atoms with E-state index < -0.39 is 0 Å². The number of carbonyl (C=O) groups is 1. The fourth-order valence-electron chi connectivity index (χ4n) is 2.53. The highest BCUT2D eigenvalue weighted by Gasteiger charge is 2.31. The molecule has 0 aromatic carbocycles. The van der Waals surface area contributed by atoms with Gasteiger partial charge in [0.25, 0.3) is 0 Å². The molecule has 0 bridgehead atoms. The van der Waals surface area contributed by atoms with Crippen molar-refractivity contribution < 1.29 is 4.79 Å². The van der Waals surface area contributed by atoms with Gasteiger partial charge in [-0.05, 0) is 37.1 Å². The Morgan fingerprint density at radius 2 is 2.00 bits per heavy atom. The molecule has 4 heteroatoms. The van der Waals surface area contributed by atoms with Gasteiger partial charge in [-0.3, -0.25) is 9.69 Å². The molecule has 0 spiro atoms. The van der Waals surface area contributed by atoms with Crippen molar-refractivity contribution in [1.82, 2.24) is 9.80 Å². The van der Waals surface area contributed by atoms with Crippen molar-refractivity contribution in [3.8, 4) is 0 Å². The van der Waals surface area contributed by atoms with E-state index in [1.807, 2.05) is 4.90 Å². The quantitative estimate of drug-likeness (QED) is 0.697. The van der Waals surface area contributed by atoms with Crippen LogP contribution in [0.25, 0.3) is 0 Å². The normalized spacial score (nSPS) is 14.8. The van der Waals surface area contributed by atoms with E-state index in [4.69, 9.17) is 0 Å². The van der Waals surface area contributed by atoms with Gasteiger partial charge in [-0.25, -0.2) is 0 Å². The molecule has 1 heterocycles. The average Bonchev–Trinajstić information content (AvgIpc) is 3.16. The highest BCUT2D eigenvalue weighted by Crippen LogP contribution is 2.29. The van der Waals surface area contributed by atoms with Gasteiger partial charge in [-0.15, -0.1) is 11.3 Å². The number of nitrogens with zero attached hydrogens (tertiary/aromatic N) is 2. The van der Waals surface area contributed by atoms with Crippen LogP contribution in [0.15, 0.2) is 17.5 Å². The van der Waals surface area contributed by atoms with E-state index in [1.165, 1.54) is 17.7 Å². The Labute approximate surface area is 126 Å². The second-order valence-electron chi connectivity index (χ2n) is 5.60. The van der Waals surface area contributed by atoms with Gasteiger partial charge in [0.15, 0.2) is 0 Å².